The van der Waals surface area contributed by atoms with E-state index >= 15 is 0 Å². The highest BCUT2D eigenvalue weighted by Crippen LogP contribution is 2.29. The van der Waals surface area contributed by atoms with Gasteiger partial charge in [0.05, 0.1) is 7.11 Å². The molecule has 1 saturated carbocycles. The normalized spacial score (nSPS) is 21.6. The molecule has 5 heteroatoms. The smallest absolute Gasteiger partial charge is 0.314 e. The van der Waals surface area contributed by atoms with E-state index in [1.165, 1.54) is 39.2 Å². The van der Waals surface area contributed by atoms with E-state index in [4.69, 9.17) is 0 Å². The van der Waals surface area contributed by atoms with E-state index in [0.717, 1.165) is 25.3 Å². The molecule has 0 aromatic carbocycles. The van der Waals surface area contributed by atoms with Crippen molar-refractivity contribution in [3.63, 3.8) is 0 Å². The first kappa shape index (κ1) is 17.8. The number of carbonyl (C=O) groups is 2. The Morgan fingerprint density at radius 2 is 1.71 bits per heavy atom. The van der Waals surface area contributed by atoms with Crippen LogP contribution in [0, 0.1) is 11.8 Å². The molecule has 1 aliphatic carbocycles. The van der Waals surface area contributed by atoms with Gasteiger partial charge in [-0.2, -0.15) is 0 Å². The Morgan fingerprint density at radius 1 is 1.05 bits per heavy atom. The number of amides is 2. The summed E-state index contributed by atoms with van der Waals surface area (Å²) in [4.78, 5) is 22.6. The molecule has 21 heavy (non-hydrogen) atoms. The molecular formula is C16H30N2O3. The molecule has 0 heterocycles. The fourth-order valence-electron chi connectivity index (χ4n) is 2.84. The molecule has 2 N–H and O–H groups in total. The third kappa shape index (κ3) is 7.93. The molecule has 0 saturated heterocycles. The van der Waals surface area contributed by atoms with E-state index in [1.54, 1.807) is 0 Å². The fraction of sp³-hybridized carbons (Fsp3) is 0.875. The van der Waals surface area contributed by atoms with Crippen molar-refractivity contribution in [3.8, 4) is 0 Å². The van der Waals surface area contributed by atoms with Gasteiger partial charge in [0.15, 0.2) is 0 Å². The van der Waals surface area contributed by atoms with Crippen molar-refractivity contribution < 1.29 is 14.3 Å². The summed E-state index contributed by atoms with van der Waals surface area (Å²) in [6.07, 6.45) is 8.32. The van der Waals surface area contributed by atoms with Crippen LogP contribution in [-0.2, 0) is 9.53 Å². The van der Waals surface area contributed by atoms with Crippen LogP contribution in [0.15, 0.2) is 0 Å². The van der Waals surface area contributed by atoms with Crippen LogP contribution in [0.25, 0.3) is 0 Å². The standard InChI is InChI=1S/C16H30N2O3/c1-3-13-7-9-14(10-8-13)12-18-16(20)17-11-5-4-6-15(19)21-2/h13-14H,3-12H2,1-2H3,(H2,17,18,20). The van der Waals surface area contributed by atoms with Gasteiger partial charge >= 0.3 is 12.0 Å². The number of hydrogen-bond donors (Lipinski definition) is 2. The molecule has 0 aromatic rings. The molecule has 0 aromatic heterocycles. The van der Waals surface area contributed by atoms with Gasteiger partial charge in [-0.3, -0.25) is 4.79 Å². The molecule has 1 fully saturated rings. The van der Waals surface area contributed by atoms with Crippen molar-refractivity contribution in [3.05, 3.63) is 0 Å². The Morgan fingerprint density at radius 3 is 2.33 bits per heavy atom. The van der Waals surface area contributed by atoms with Crippen molar-refractivity contribution in [2.24, 2.45) is 11.8 Å². The topological polar surface area (TPSA) is 67.4 Å². The lowest BCUT2D eigenvalue weighted by Crippen LogP contribution is -2.39. The molecule has 122 valence electrons. The second-order valence-electron chi connectivity index (χ2n) is 5.97. The second kappa shape index (κ2) is 10.5. The molecule has 0 bridgehead atoms. The number of ether oxygens (including phenoxy) is 1. The van der Waals surface area contributed by atoms with Crippen LogP contribution in [0.2, 0.25) is 0 Å². The zero-order valence-corrected chi connectivity index (χ0v) is 13.5. The number of rotatable bonds is 8. The van der Waals surface area contributed by atoms with Gasteiger partial charge in [0.1, 0.15) is 0 Å². The van der Waals surface area contributed by atoms with Crippen molar-refractivity contribution in [2.75, 3.05) is 20.2 Å². The molecule has 0 atom stereocenters. The summed E-state index contributed by atoms with van der Waals surface area (Å²) in [7, 11) is 1.39. The quantitative estimate of drug-likeness (QED) is 0.535. The van der Waals surface area contributed by atoms with Crippen LogP contribution in [0.5, 0.6) is 0 Å². The fourth-order valence-corrected chi connectivity index (χ4v) is 2.84. The number of carbonyl (C=O) groups excluding carboxylic acids is 2. The van der Waals surface area contributed by atoms with Crippen LogP contribution >= 0.6 is 0 Å². The lowest BCUT2D eigenvalue weighted by Gasteiger charge is -2.27. The summed E-state index contributed by atoms with van der Waals surface area (Å²) in [6.45, 7) is 3.65. The number of methoxy groups -OCH3 is 1. The van der Waals surface area contributed by atoms with E-state index in [9.17, 15) is 9.59 Å². The van der Waals surface area contributed by atoms with Gasteiger partial charge in [-0.25, -0.2) is 4.79 Å². The van der Waals surface area contributed by atoms with Crippen LogP contribution in [-0.4, -0.2) is 32.2 Å². The van der Waals surface area contributed by atoms with Crippen LogP contribution in [0.4, 0.5) is 4.79 Å². The molecule has 1 rings (SSSR count). The summed E-state index contributed by atoms with van der Waals surface area (Å²) in [6, 6.07) is -0.0920. The van der Waals surface area contributed by atoms with E-state index in [2.05, 4.69) is 22.3 Å². The third-order valence-corrected chi connectivity index (χ3v) is 4.42. The molecule has 0 radical (unpaired) electrons. The molecule has 1 aliphatic rings. The predicted octanol–water partition coefficient (Wildman–Crippen LogP) is 2.85. The molecule has 0 spiro atoms. The van der Waals surface area contributed by atoms with Gasteiger partial charge in [-0.1, -0.05) is 26.2 Å². The lowest BCUT2D eigenvalue weighted by molar-refractivity contribution is -0.140. The van der Waals surface area contributed by atoms with Crippen molar-refractivity contribution in [1.29, 1.82) is 0 Å². The summed E-state index contributed by atoms with van der Waals surface area (Å²) in [5.74, 6) is 1.34. The second-order valence-corrected chi connectivity index (χ2v) is 5.97. The monoisotopic (exact) mass is 298 g/mol. The van der Waals surface area contributed by atoms with Gasteiger partial charge in [0, 0.05) is 19.5 Å². The Bertz CT molecular complexity index is 313. The first-order valence-electron chi connectivity index (χ1n) is 8.24. The van der Waals surface area contributed by atoms with Crippen LogP contribution < -0.4 is 10.6 Å². The Kier molecular flexibility index (Phi) is 8.87. The Balaban J connectivity index is 1.98. The third-order valence-electron chi connectivity index (χ3n) is 4.42. The van der Waals surface area contributed by atoms with Crippen LogP contribution in [0.1, 0.15) is 58.3 Å². The number of urea groups is 1. The number of esters is 1. The summed E-state index contributed by atoms with van der Waals surface area (Å²) >= 11 is 0. The van der Waals surface area contributed by atoms with E-state index in [0.29, 0.717) is 18.9 Å². The maximum Gasteiger partial charge on any atom is 0.314 e. The predicted molar refractivity (Wildman–Crippen MR) is 83.0 cm³/mol. The minimum Gasteiger partial charge on any atom is -0.469 e. The molecule has 0 aliphatic heterocycles. The van der Waals surface area contributed by atoms with Crippen molar-refractivity contribution in [2.45, 2.75) is 58.3 Å². The first-order valence-corrected chi connectivity index (χ1v) is 8.24. The zero-order chi connectivity index (χ0) is 15.5. The Labute approximate surface area is 128 Å². The highest BCUT2D eigenvalue weighted by Gasteiger charge is 2.20. The summed E-state index contributed by atoms with van der Waals surface area (Å²) < 4.78 is 4.56. The van der Waals surface area contributed by atoms with E-state index in [1.807, 2.05) is 0 Å². The SMILES string of the molecule is CCC1CCC(CNC(=O)NCCCCC(=O)OC)CC1. The van der Waals surface area contributed by atoms with Crippen molar-refractivity contribution in [1.82, 2.24) is 10.6 Å². The van der Waals surface area contributed by atoms with Gasteiger partial charge < -0.3 is 15.4 Å². The largest absolute Gasteiger partial charge is 0.469 e. The maximum atomic E-state index is 11.6. The molecule has 5 nitrogen and oxygen atoms in total. The highest BCUT2D eigenvalue weighted by molar-refractivity contribution is 5.73. The lowest BCUT2D eigenvalue weighted by atomic mass is 9.81. The minimum absolute atomic E-state index is 0.0920. The van der Waals surface area contributed by atoms with Crippen molar-refractivity contribution >= 4 is 12.0 Å². The number of unbranched alkanes of at least 4 members (excludes halogenated alkanes) is 1. The Hall–Kier alpha value is -1.26. The van der Waals surface area contributed by atoms with Gasteiger partial charge in [-0.15, -0.1) is 0 Å². The maximum absolute atomic E-state index is 11.6. The molecular weight excluding hydrogens is 268 g/mol. The average Bonchev–Trinajstić information content (AvgIpc) is 2.52. The number of nitrogens with one attached hydrogen (secondary N) is 2. The van der Waals surface area contributed by atoms with Gasteiger partial charge in [-0.05, 0) is 37.5 Å². The molecule has 0 unspecified atom stereocenters. The number of hydrogen-bond acceptors (Lipinski definition) is 3. The highest BCUT2D eigenvalue weighted by atomic mass is 16.5. The van der Waals surface area contributed by atoms with E-state index < -0.39 is 0 Å². The molecule has 2 amide bonds. The summed E-state index contributed by atoms with van der Waals surface area (Å²) in [5.41, 5.74) is 0. The summed E-state index contributed by atoms with van der Waals surface area (Å²) in [5, 5.41) is 5.79. The van der Waals surface area contributed by atoms with Crippen LogP contribution in [0.3, 0.4) is 0 Å². The average molecular weight is 298 g/mol. The first-order chi connectivity index (χ1) is 10.2. The minimum atomic E-state index is -0.192. The van der Waals surface area contributed by atoms with Gasteiger partial charge in [0.2, 0.25) is 0 Å². The zero-order valence-electron chi connectivity index (χ0n) is 13.5. The van der Waals surface area contributed by atoms with E-state index in [-0.39, 0.29) is 12.0 Å². The van der Waals surface area contributed by atoms with Gasteiger partial charge in [0.25, 0.3) is 0 Å².